The van der Waals surface area contributed by atoms with Gasteiger partial charge in [-0.15, -0.1) is 0 Å². The van der Waals surface area contributed by atoms with E-state index in [1.165, 1.54) is 7.11 Å². The maximum atomic E-state index is 9.54. The van der Waals surface area contributed by atoms with Crippen molar-refractivity contribution < 1.29 is 19.3 Å². The van der Waals surface area contributed by atoms with Crippen molar-refractivity contribution in [1.29, 1.82) is 0 Å². The summed E-state index contributed by atoms with van der Waals surface area (Å²) >= 11 is 0. The third kappa shape index (κ3) is 2.04. The van der Waals surface area contributed by atoms with E-state index in [9.17, 15) is 5.11 Å². The largest absolute Gasteiger partial charge is 0.388 e. The topological polar surface area (TPSA) is 47.9 Å². The fourth-order valence-corrected chi connectivity index (χ4v) is 1.51. The molecule has 5 atom stereocenters. The van der Waals surface area contributed by atoms with Crippen LogP contribution in [0.3, 0.4) is 0 Å². The van der Waals surface area contributed by atoms with Gasteiger partial charge in [0.15, 0.2) is 0 Å². The smallest absolute Gasteiger partial charge is 0.113 e. The van der Waals surface area contributed by atoms with Gasteiger partial charge in [-0.25, -0.2) is 0 Å². The lowest BCUT2D eigenvalue weighted by Gasteiger charge is -2.23. The summed E-state index contributed by atoms with van der Waals surface area (Å²) in [6.45, 7) is 1.85. The number of methoxy groups -OCH3 is 2. The summed E-state index contributed by atoms with van der Waals surface area (Å²) in [4.78, 5) is 0. The van der Waals surface area contributed by atoms with Crippen LogP contribution in [0.5, 0.6) is 0 Å². The Kier molecular flexibility index (Phi) is 3.73. The Labute approximate surface area is 79.6 Å². The summed E-state index contributed by atoms with van der Waals surface area (Å²) in [7, 11) is 8.62. The van der Waals surface area contributed by atoms with Crippen molar-refractivity contribution in [3.8, 4) is 0 Å². The van der Waals surface area contributed by atoms with Crippen LogP contribution in [0.25, 0.3) is 0 Å². The summed E-state index contributed by atoms with van der Waals surface area (Å²) < 4.78 is 15.5. The average Bonchev–Trinajstić information content (AvgIpc) is 2.42. The van der Waals surface area contributed by atoms with Crippen LogP contribution in [0.1, 0.15) is 6.92 Å². The van der Waals surface area contributed by atoms with Crippen molar-refractivity contribution in [3.63, 3.8) is 0 Å². The van der Waals surface area contributed by atoms with Crippen LogP contribution in [0.2, 0.25) is 0 Å². The first-order valence-electron chi connectivity index (χ1n) is 4.26. The van der Waals surface area contributed by atoms with Gasteiger partial charge in [-0.05, 0) is 6.92 Å². The normalized spacial score (nSPS) is 42.2. The van der Waals surface area contributed by atoms with Crippen LogP contribution < -0.4 is 0 Å². The molecule has 5 heteroatoms. The van der Waals surface area contributed by atoms with Crippen molar-refractivity contribution in [3.05, 3.63) is 0 Å². The average molecular weight is 186 g/mol. The molecule has 1 heterocycles. The predicted octanol–water partition coefficient (Wildman–Crippen LogP) is -0.709. The summed E-state index contributed by atoms with van der Waals surface area (Å²) in [6.07, 6.45) is -1.65. The van der Waals surface area contributed by atoms with Crippen LogP contribution in [0.15, 0.2) is 0 Å². The number of hydrogen-bond acceptors (Lipinski definition) is 4. The monoisotopic (exact) mass is 186 g/mol. The Morgan fingerprint density at radius 3 is 2.54 bits per heavy atom. The molecule has 0 aromatic carbocycles. The van der Waals surface area contributed by atoms with E-state index in [1.807, 2.05) is 6.92 Å². The minimum atomic E-state index is -0.785. The molecular formula is C8H15BO4. The first kappa shape index (κ1) is 11.0. The van der Waals surface area contributed by atoms with Crippen molar-refractivity contribution in [2.75, 3.05) is 14.2 Å². The van der Waals surface area contributed by atoms with E-state index >= 15 is 0 Å². The molecule has 13 heavy (non-hydrogen) atoms. The van der Waals surface area contributed by atoms with E-state index in [-0.39, 0.29) is 12.2 Å². The fraction of sp³-hybridized carbons (Fsp3) is 1.00. The number of aliphatic hydroxyl groups excluding tert-OH is 1. The zero-order valence-electron chi connectivity index (χ0n) is 8.14. The Morgan fingerprint density at radius 2 is 2.08 bits per heavy atom. The van der Waals surface area contributed by atoms with Gasteiger partial charge < -0.3 is 19.3 Å². The van der Waals surface area contributed by atoms with E-state index in [0.29, 0.717) is 0 Å². The molecule has 0 aliphatic carbocycles. The second-order valence-electron chi connectivity index (χ2n) is 3.20. The summed E-state index contributed by atoms with van der Waals surface area (Å²) in [5, 5.41) is 9.54. The van der Waals surface area contributed by atoms with Crippen LogP contribution in [-0.4, -0.2) is 57.6 Å². The molecule has 0 amide bonds. The molecule has 0 spiro atoms. The van der Waals surface area contributed by atoms with Gasteiger partial charge >= 0.3 is 0 Å². The van der Waals surface area contributed by atoms with Crippen molar-refractivity contribution in [2.45, 2.75) is 37.3 Å². The molecule has 0 aromatic rings. The molecule has 74 valence electrons. The summed E-state index contributed by atoms with van der Waals surface area (Å²) in [5.41, 5.74) is 0. The molecule has 1 rings (SSSR count). The van der Waals surface area contributed by atoms with Crippen molar-refractivity contribution in [2.24, 2.45) is 0 Å². The van der Waals surface area contributed by atoms with E-state index in [0.717, 1.165) is 0 Å². The highest BCUT2D eigenvalue weighted by Crippen LogP contribution is 2.25. The molecule has 0 saturated carbocycles. The molecule has 1 aliphatic heterocycles. The van der Waals surface area contributed by atoms with Crippen LogP contribution in [0.4, 0.5) is 0 Å². The SMILES string of the molecule is [B][C@@H]1O[C@H](C(C)OC)C(OC)[C@@H]1O. The molecule has 4 nitrogen and oxygen atoms in total. The fourth-order valence-electron chi connectivity index (χ4n) is 1.51. The van der Waals surface area contributed by atoms with Gasteiger partial charge in [0, 0.05) is 20.2 Å². The van der Waals surface area contributed by atoms with Crippen molar-refractivity contribution >= 4 is 7.85 Å². The minimum Gasteiger partial charge on any atom is -0.388 e. The highest BCUT2D eigenvalue weighted by molar-refractivity contribution is 6.11. The van der Waals surface area contributed by atoms with Crippen LogP contribution in [-0.2, 0) is 14.2 Å². The highest BCUT2D eigenvalue weighted by Gasteiger charge is 2.43. The van der Waals surface area contributed by atoms with Gasteiger partial charge in [0.05, 0.1) is 6.10 Å². The zero-order valence-corrected chi connectivity index (χ0v) is 8.14. The van der Waals surface area contributed by atoms with Crippen LogP contribution >= 0.6 is 0 Å². The van der Waals surface area contributed by atoms with Crippen LogP contribution in [0, 0.1) is 0 Å². The maximum absolute atomic E-state index is 9.54. The second-order valence-corrected chi connectivity index (χ2v) is 3.20. The Bertz CT molecular complexity index is 166. The third-order valence-corrected chi connectivity index (χ3v) is 2.42. The molecule has 2 unspecified atom stereocenters. The molecule has 1 aliphatic rings. The van der Waals surface area contributed by atoms with Gasteiger partial charge in [-0.2, -0.15) is 0 Å². The van der Waals surface area contributed by atoms with Gasteiger partial charge in [0.25, 0.3) is 0 Å². The lowest BCUT2D eigenvalue weighted by molar-refractivity contribution is -0.0756. The maximum Gasteiger partial charge on any atom is 0.113 e. The van der Waals surface area contributed by atoms with Gasteiger partial charge in [0.2, 0.25) is 0 Å². The van der Waals surface area contributed by atoms with E-state index < -0.39 is 18.2 Å². The standard InChI is InChI=1S/C8H15BO4/c1-4(11-2)6-7(12-3)5(10)8(9)13-6/h4-8,10H,1-3H3/t4?,5-,6+,7?,8+/m0/s1. The molecule has 0 bridgehead atoms. The third-order valence-electron chi connectivity index (χ3n) is 2.42. The Hall–Kier alpha value is -0.0951. The zero-order chi connectivity index (χ0) is 10.0. The predicted molar refractivity (Wildman–Crippen MR) is 47.7 cm³/mol. The molecule has 1 fully saturated rings. The molecule has 1 saturated heterocycles. The summed E-state index contributed by atoms with van der Waals surface area (Å²) in [5.74, 6) is 0. The van der Waals surface area contributed by atoms with Gasteiger partial charge in [-0.3, -0.25) is 0 Å². The molecule has 0 aromatic heterocycles. The van der Waals surface area contributed by atoms with Gasteiger partial charge in [0.1, 0.15) is 26.2 Å². The number of rotatable bonds is 3. The minimum absolute atomic E-state index is 0.145. The van der Waals surface area contributed by atoms with E-state index in [4.69, 9.17) is 22.1 Å². The highest BCUT2D eigenvalue weighted by atomic mass is 16.6. The van der Waals surface area contributed by atoms with E-state index in [2.05, 4.69) is 0 Å². The second kappa shape index (κ2) is 4.42. The summed E-state index contributed by atoms with van der Waals surface area (Å²) in [6, 6.07) is -0.687. The van der Waals surface area contributed by atoms with Crippen molar-refractivity contribution in [1.82, 2.24) is 0 Å². The number of ether oxygens (including phenoxy) is 3. The molecule has 2 radical (unpaired) electrons. The lowest BCUT2D eigenvalue weighted by Crippen LogP contribution is -2.39. The Balaban J connectivity index is 2.64. The van der Waals surface area contributed by atoms with Gasteiger partial charge in [-0.1, -0.05) is 0 Å². The molecule has 1 N–H and O–H groups in total. The number of hydrogen-bond donors (Lipinski definition) is 1. The Morgan fingerprint density at radius 1 is 1.46 bits per heavy atom. The van der Waals surface area contributed by atoms with E-state index in [1.54, 1.807) is 7.11 Å². The first-order valence-corrected chi connectivity index (χ1v) is 4.26. The first-order chi connectivity index (χ1) is 6.11. The quantitative estimate of drug-likeness (QED) is 0.591. The molecular weight excluding hydrogens is 171 g/mol. The lowest BCUT2D eigenvalue weighted by atomic mass is 9.92. The number of aliphatic hydroxyl groups is 1.